The van der Waals surface area contributed by atoms with Crippen molar-refractivity contribution in [2.75, 3.05) is 6.61 Å². The predicted molar refractivity (Wildman–Crippen MR) is 77.5 cm³/mol. The van der Waals surface area contributed by atoms with Gasteiger partial charge in [-0.1, -0.05) is 58.6 Å². The van der Waals surface area contributed by atoms with Gasteiger partial charge in [-0.3, -0.25) is 4.79 Å². The van der Waals surface area contributed by atoms with E-state index in [-0.39, 0.29) is 11.9 Å². The summed E-state index contributed by atoms with van der Waals surface area (Å²) in [7, 11) is 0. The molecule has 0 rings (SSSR count). The van der Waals surface area contributed by atoms with Crippen molar-refractivity contribution in [3.63, 3.8) is 0 Å². The van der Waals surface area contributed by atoms with Gasteiger partial charge in [-0.05, 0) is 25.7 Å². The highest BCUT2D eigenvalue weighted by atomic mass is 16.5. The van der Waals surface area contributed by atoms with E-state index in [1.54, 1.807) is 0 Å². The van der Waals surface area contributed by atoms with E-state index in [0.717, 1.165) is 25.7 Å². The molecule has 0 aliphatic heterocycles. The van der Waals surface area contributed by atoms with Crippen molar-refractivity contribution in [1.29, 1.82) is 0 Å². The normalized spacial score (nSPS) is 13.2. The monoisotopic (exact) mass is 254 g/mol. The standard InChI is InChI=1S/C16H30O2/c1-5-9-10-11-12-15(16(17)18-8-4)13-14(6-2)7-3/h11-12,14-15H,5-10,13H2,1-4H3. The Hall–Kier alpha value is -0.790. The van der Waals surface area contributed by atoms with Crippen LogP contribution < -0.4 is 0 Å². The van der Waals surface area contributed by atoms with E-state index in [1.807, 2.05) is 6.92 Å². The molecule has 0 heterocycles. The number of carbonyl (C=O) groups is 1. The number of hydrogen-bond acceptors (Lipinski definition) is 2. The average molecular weight is 254 g/mol. The Morgan fingerprint density at radius 1 is 1.17 bits per heavy atom. The van der Waals surface area contributed by atoms with Crippen LogP contribution in [-0.4, -0.2) is 12.6 Å². The molecule has 2 nitrogen and oxygen atoms in total. The van der Waals surface area contributed by atoms with Crippen LogP contribution >= 0.6 is 0 Å². The summed E-state index contributed by atoms with van der Waals surface area (Å²) in [4.78, 5) is 11.9. The highest BCUT2D eigenvalue weighted by Crippen LogP contribution is 2.21. The number of hydrogen-bond donors (Lipinski definition) is 0. The van der Waals surface area contributed by atoms with E-state index in [2.05, 4.69) is 32.9 Å². The van der Waals surface area contributed by atoms with Crippen molar-refractivity contribution in [3.05, 3.63) is 12.2 Å². The molecular formula is C16H30O2. The van der Waals surface area contributed by atoms with Crippen LogP contribution in [0.1, 0.15) is 66.2 Å². The Bertz CT molecular complexity index is 229. The summed E-state index contributed by atoms with van der Waals surface area (Å²) in [5.41, 5.74) is 0. The smallest absolute Gasteiger partial charge is 0.312 e. The van der Waals surface area contributed by atoms with E-state index in [1.165, 1.54) is 12.8 Å². The summed E-state index contributed by atoms with van der Waals surface area (Å²) < 4.78 is 5.16. The van der Waals surface area contributed by atoms with Crippen LogP contribution in [-0.2, 0) is 9.53 Å². The van der Waals surface area contributed by atoms with Gasteiger partial charge in [0.15, 0.2) is 0 Å². The van der Waals surface area contributed by atoms with Gasteiger partial charge in [-0.25, -0.2) is 0 Å². The van der Waals surface area contributed by atoms with Crippen LogP contribution in [0.25, 0.3) is 0 Å². The molecule has 0 aromatic heterocycles. The molecule has 0 radical (unpaired) electrons. The Balaban J connectivity index is 4.41. The molecule has 106 valence electrons. The second-order valence-electron chi connectivity index (χ2n) is 4.85. The summed E-state index contributed by atoms with van der Waals surface area (Å²) in [5.74, 6) is 0.513. The Morgan fingerprint density at radius 2 is 1.83 bits per heavy atom. The second-order valence-corrected chi connectivity index (χ2v) is 4.85. The van der Waals surface area contributed by atoms with Crippen LogP contribution in [0.4, 0.5) is 0 Å². The molecule has 0 spiro atoms. The maximum Gasteiger partial charge on any atom is 0.312 e. The largest absolute Gasteiger partial charge is 0.466 e. The number of ether oxygens (including phenoxy) is 1. The number of esters is 1. The van der Waals surface area contributed by atoms with Crippen LogP contribution in [0.2, 0.25) is 0 Å². The summed E-state index contributed by atoms with van der Waals surface area (Å²) >= 11 is 0. The van der Waals surface area contributed by atoms with Crippen molar-refractivity contribution in [3.8, 4) is 0 Å². The molecule has 1 atom stereocenters. The van der Waals surface area contributed by atoms with E-state index < -0.39 is 0 Å². The second kappa shape index (κ2) is 11.3. The van der Waals surface area contributed by atoms with Gasteiger partial charge in [-0.15, -0.1) is 0 Å². The highest BCUT2D eigenvalue weighted by Gasteiger charge is 2.20. The van der Waals surface area contributed by atoms with E-state index in [4.69, 9.17) is 4.74 Å². The zero-order chi connectivity index (χ0) is 13.8. The average Bonchev–Trinajstić information content (AvgIpc) is 2.38. The topological polar surface area (TPSA) is 26.3 Å². The van der Waals surface area contributed by atoms with Gasteiger partial charge < -0.3 is 4.74 Å². The summed E-state index contributed by atoms with van der Waals surface area (Å²) in [6.45, 7) is 8.91. The zero-order valence-electron chi connectivity index (χ0n) is 12.6. The van der Waals surface area contributed by atoms with Gasteiger partial charge >= 0.3 is 5.97 Å². The SMILES string of the molecule is CCCCC=CC(CC(CC)CC)C(=O)OCC. The molecule has 0 N–H and O–H groups in total. The van der Waals surface area contributed by atoms with E-state index in [0.29, 0.717) is 12.5 Å². The van der Waals surface area contributed by atoms with Crippen molar-refractivity contribution >= 4 is 5.97 Å². The van der Waals surface area contributed by atoms with Crippen LogP contribution in [0, 0.1) is 11.8 Å². The third-order valence-corrected chi connectivity index (χ3v) is 3.42. The van der Waals surface area contributed by atoms with Gasteiger partial charge in [0.05, 0.1) is 12.5 Å². The first-order valence-electron chi connectivity index (χ1n) is 7.52. The zero-order valence-corrected chi connectivity index (χ0v) is 12.6. The number of carbonyl (C=O) groups excluding carboxylic acids is 1. The van der Waals surface area contributed by atoms with Gasteiger partial charge in [0.25, 0.3) is 0 Å². The van der Waals surface area contributed by atoms with Crippen LogP contribution in [0.15, 0.2) is 12.2 Å². The molecule has 0 amide bonds. The quantitative estimate of drug-likeness (QED) is 0.320. The van der Waals surface area contributed by atoms with Crippen molar-refractivity contribution < 1.29 is 9.53 Å². The first kappa shape index (κ1) is 17.2. The van der Waals surface area contributed by atoms with Crippen molar-refractivity contribution in [1.82, 2.24) is 0 Å². The third kappa shape index (κ3) is 7.52. The lowest BCUT2D eigenvalue weighted by Crippen LogP contribution is -2.19. The Kier molecular flexibility index (Phi) is 10.8. The van der Waals surface area contributed by atoms with Gasteiger partial charge in [-0.2, -0.15) is 0 Å². The first-order chi connectivity index (χ1) is 8.69. The van der Waals surface area contributed by atoms with Gasteiger partial charge in [0.1, 0.15) is 0 Å². The number of unbranched alkanes of at least 4 members (excludes halogenated alkanes) is 2. The van der Waals surface area contributed by atoms with E-state index >= 15 is 0 Å². The van der Waals surface area contributed by atoms with Crippen LogP contribution in [0.3, 0.4) is 0 Å². The fraction of sp³-hybridized carbons (Fsp3) is 0.812. The summed E-state index contributed by atoms with van der Waals surface area (Å²) in [6.07, 6.45) is 10.9. The maximum atomic E-state index is 11.9. The first-order valence-corrected chi connectivity index (χ1v) is 7.52. The summed E-state index contributed by atoms with van der Waals surface area (Å²) in [6, 6.07) is 0. The fourth-order valence-corrected chi connectivity index (χ4v) is 2.07. The van der Waals surface area contributed by atoms with E-state index in [9.17, 15) is 4.79 Å². The molecule has 0 aliphatic rings. The lowest BCUT2D eigenvalue weighted by atomic mass is 9.90. The molecule has 0 saturated carbocycles. The third-order valence-electron chi connectivity index (χ3n) is 3.42. The molecule has 1 unspecified atom stereocenters. The minimum atomic E-state index is -0.0582. The molecule has 0 aliphatic carbocycles. The lowest BCUT2D eigenvalue weighted by Gasteiger charge is -2.17. The Labute approximate surface area is 113 Å². The molecule has 18 heavy (non-hydrogen) atoms. The molecule has 0 fully saturated rings. The molecule has 0 aromatic rings. The van der Waals surface area contributed by atoms with Crippen molar-refractivity contribution in [2.24, 2.45) is 11.8 Å². The lowest BCUT2D eigenvalue weighted by molar-refractivity contribution is -0.146. The highest BCUT2D eigenvalue weighted by molar-refractivity contribution is 5.74. The molecule has 0 bridgehead atoms. The maximum absolute atomic E-state index is 11.9. The number of rotatable bonds is 10. The minimum Gasteiger partial charge on any atom is -0.466 e. The minimum absolute atomic E-state index is 0.0493. The fourth-order valence-electron chi connectivity index (χ4n) is 2.07. The molecule has 0 aromatic carbocycles. The number of allylic oxidation sites excluding steroid dienone is 1. The van der Waals surface area contributed by atoms with Crippen molar-refractivity contribution in [2.45, 2.75) is 66.2 Å². The van der Waals surface area contributed by atoms with Gasteiger partial charge in [0.2, 0.25) is 0 Å². The molecular weight excluding hydrogens is 224 g/mol. The van der Waals surface area contributed by atoms with Crippen LogP contribution in [0.5, 0.6) is 0 Å². The van der Waals surface area contributed by atoms with Gasteiger partial charge in [0, 0.05) is 0 Å². The molecule has 0 saturated heterocycles. The predicted octanol–water partition coefficient (Wildman–Crippen LogP) is 4.74. The molecule has 2 heteroatoms. The summed E-state index contributed by atoms with van der Waals surface area (Å²) in [5, 5.41) is 0. The Morgan fingerprint density at radius 3 is 2.33 bits per heavy atom.